The fourth-order valence-corrected chi connectivity index (χ4v) is 4.67. The molecule has 162 valence electrons. The van der Waals surface area contributed by atoms with E-state index in [4.69, 9.17) is 23.2 Å². The van der Waals surface area contributed by atoms with Gasteiger partial charge in [0.2, 0.25) is 5.91 Å². The molecule has 31 heavy (non-hydrogen) atoms. The molecule has 0 radical (unpaired) electrons. The van der Waals surface area contributed by atoms with E-state index < -0.39 is 6.04 Å². The SMILES string of the molecule is CC(C)C[C@H](NC(=O)c1ccc(Cl)cc1Cl)C(=O)N1CCc2[nH]c3ccccc3c2C1. The van der Waals surface area contributed by atoms with Gasteiger partial charge in [-0.2, -0.15) is 0 Å². The van der Waals surface area contributed by atoms with E-state index in [2.05, 4.69) is 22.4 Å². The van der Waals surface area contributed by atoms with E-state index in [-0.39, 0.29) is 22.8 Å². The predicted molar refractivity (Wildman–Crippen MR) is 125 cm³/mol. The van der Waals surface area contributed by atoms with Crippen LogP contribution in [0, 0.1) is 5.92 Å². The quantitative estimate of drug-likeness (QED) is 0.552. The highest BCUT2D eigenvalue weighted by molar-refractivity contribution is 6.36. The fourth-order valence-electron chi connectivity index (χ4n) is 4.18. The molecular weight excluding hydrogens is 433 g/mol. The van der Waals surface area contributed by atoms with Crippen LogP contribution in [0.3, 0.4) is 0 Å². The second-order valence-electron chi connectivity index (χ2n) is 8.42. The van der Waals surface area contributed by atoms with Gasteiger partial charge in [-0.05, 0) is 36.6 Å². The first-order valence-corrected chi connectivity index (χ1v) is 11.2. The first-order valence-electron chi connectivity index (χ1n) is 10.5. The summed E-state index contributed by atoms with van der Waals surface area (Å²) in [6.45, 7) is 5.22. The molecule has 4 rings (SSSR count). The topological polar surface area (TPSA) is 65.2 Å². The zero-order chi connectivity index (χ0) is 22.1. The number of para-hydroxylation sites is 1. The molecule has 1 atom stereocenters. The number of carbonyl (C=O) groups excluding carboxylic acids is 2. The Balaban J connectivity index is 1.55. The van der Waals surface area contributed by atoms with Gasteiger partial charge < -0.3 is 15.2 Å². The van der Waals surface area contributed by atoms with Crippen LogP contribution >= 0.6 is 23.2 Å². The van der Waals surface area contributed by atoms with Crippen molar-refractivity contribution >= 4 is 45.9 Å². The van der Waals surface area contributed by atoms with Crippen molar-refractivity contribution in [3.05, 3.63) is 69.3 Å². The number of aromatic nitrogens is 1. The lowest BCUT2D eigenvalue weighted by Gasteiger charge is -2.31. The zero-order valence-corrected chi connectivity index (χ0v) is 19.1. The third kappa shape index (κ3) is 4.58. The highest BCUT2D eigenvalue weighted by Crippen LogP contribution is 2.28. The van der Waals surface area contributed by atoms with Crippen molar-refractivity contribution in [2.24, 2.45) is 5.92 Å². The van der Waals surface area contributed by atoms with E-state index in [1.165, 1.54) is 11.8 Å². The zero-order valence-electron chi connectivity index (χ0n) is 17.5. The number of halogens is 2. The van der Waals surface area contributed by atoms with Gasteiger partial charge in [0, 0.05) is 46.7 Å². The molecule has 1 aliphatic rings. The molecule has 0 spiro atoms. The molecule has 2 aromatic carbocycles. The van der Waals surface area contributed by atoms with E-state index in [0.29, 0.717) is 30.1 Å². The van der Waals surface area contributed by atoms with Crippen LogP contribution < -0.4 is 5.32 Å². The average Bonchev–Trinajstić information content (AvgIpc) is 3.10. The molecule has 3 aromatic rings. The van der Waals surface area contributed by atoms with Crippen LogP contribution in [0.1, 0.15) is 41.9 Å². The summed E-state index contributed by atoms with van der Waals surface area (Å²) < 4.78 is 0. The Morgan fingerprint density at radius 1 is 1.16 bits per heavy atom. The van der Waals surface area contributed by atoms with Gasteiger partial charge in [0.25, 0.3) is 5.91 Å². The van der Waals surface area contributed by atoms with Gasteiger partial charge in [-0.15, -0.1) is 0 Å². The number of rotatable bonds is 5. The van der Waals surface area contributed by atoms with Gasteiger partial charge in [-0.3, -0.25) is 9.59 Å². The van der Waals surface area contributed by atoms with Gasteiger partial charge >= 0.3 is 0 Å². The summed E-state index contributed by atoms with van der Waals surface area (Å²) >= 11 is 12.1. The summed E-state index contributed by atoms with van der Waals surface area (Å²) in [5, 5.41) is 4.78. The summed E-state index contributed by atoms with van der Waals surface area (Å²) in [5.74, 6) is -0.197. The van der Waals surface area contributed by atoms with Crippen LogP contribution in [0.25, 0.3) is 10.9 Å². The molecule has 2 N–H and O–H groups in total. The summed E-state index contributed by atoms with van der Waals surface area (Å²) in [7, 11) is 0. The number of nitrogens with zero attached hydrogens (tertiary/aromatic N) is 1. The van der Waals surface area contributed by atoms with Gasteiger partial charge in [-0.25, -0.2) is 0 Å². The molecule has 1 aromatic heterocycles. The predicted octanol–water partition coefficient (Wildman–Crippen LogP) is 5.20. The van der Waals surface area contributed by atoms with Crippen LogP contribution in [-0.2, 0) is 17.8 Å². The van der Waals surface area contributed by atoms with Gasteiger partial charge in [0.05, 0.1) is 10.6 Å². The molecule has 2 amide bonds. The van der Waals surface area contributed by atoms with Crippen molar-refractivity contribution in [2.75, 3.05) is 6.54 Å². The van der Waals surface area contributed by atoms with Crippen molar-refractivity contribution in [2.45, 2.75) is 39.3 Å². The van der Waals surface area contributed by atoms with Crippen molar-refractivity contribution in [3.63, 3.8) is 0 Å². The first kappa shape index (κ1) is 21.7. The second kappa shape index (κ2) is 8.93. The normalized spacial score (nSPS) is 14.5. The Morgan fingerprint density at radius 2 is 1.94 bits per heavy atom. The molecule has 0 saturated heterocycles. The van der Waals surface area contributed by atoms with Crippen molar-refractivity contribution in [1.82, 2.24) is 15.2 Å². The maximum atomic E-state index is 13.5. The largest absolute Gasteiger partial charge is 0.358 e. The van der Waals surface area contributed by atoms with Gasteiger partial charge in [0.15, 0.2) is 0 Å². The number of carbonyl (C=O) groups is 2. The molecule has 0 unspecified atom stereocenters. The molecule has 2 heterocycles. The average molecular weight is 458 g/mol. The number of benzene rings is 2. The van der Waals surface area contributed by atoms with Gasteiger partial charge in [0.1, 0.15) is 6.04 Å². The standard InChI is InChI=1S/C24H25Cl2N3O2/c1-14(2)11-22(28-23(30)17-8-7-15(25)12-19(17)26)24(31)29-10-9-21-18(13-29)16-5-3-4-6-20(16)27-21/h3-8,12,14,22,27H,9-11,13H2,1-2H3,(H,28,30)/t22-/m0/s1. The van der Waals surface area contributed by atoms with Crippen LogP contribution in [0.5, 0.6) is 0 Å². The van der Waals surface area contributed by atoms with Crippen molar-refractivity contribution in [3.8, 4) is 0 Å². The van der Waals surface area contributed by atoms with E-state index in [0.717, 1.165) is 22.9 Å². The number of hydrogen-bond acceptors (Lipinski definition) is 2. The highest BCUT2D eigenvalue weighted by atomic mass is 35.5. The second-order valence-corrected chi connectivity index (χ2v) is 9.26. The Bertz CT molecular complexity index is 1140. The number of fused-ring (bicyclic) bond motifs is 3. The van der Waals surface area contributed by atoms with E-state index in [1.807, 2.05) is 30.9 Å². The monoisotopic (exact) mass is 457 g/mol. The number of amides is 2. The molecule has 0 saturated carbocycles. The number of aromatic amines is 1. The highest BCUT2D eigenvalue weighted by Gasteiger charge is 2.31. The summed E-state index contributed by atoms with van der Waals surface area (Å²) in [6.07, 6.45) is 1.31. The maximum absolute atomic E-state index is 13.5. The lowest BCUT2D eigenvalue weighted by atomic mass is 9.99. The van der Waals surface area contributed by atoms with Gasteiger partial charge in [-0.1, -0.05) is 55.2 Å². The fraction of sp³-hybridized carbons (Fsp3) is 0.333. The van der Waals surface area contributed by atoms with Crippen LogP contribution in [0.4, 0.5) is 0 Å². The van der Waals surface area contributed by atoms with Crippen LogP contribution in [0.2, 0.25) is 10.0 Å². The molecule has 7 heteroatoms. The molecule has 5 nitrogen and oxygen atoms in total. The Labute approximate surface area is 191 Å². The molecule has 1 aliphatic heterocycles. The number of hydrogen-bond donors (Lipinski definition) is 2. The summed E-state index contributed by atoms with van der Waals surface area (Å²) in [4.78, 5) is 31.6. The summed E-state index contributed by atoms with van der Waals surface area (Å²) in [5.41, 5.74) is 3.74. The minimum atomic E-state index is -0.619. The first-order chi connectivity index (χ1) is 14.8. The summed E-state index contributed by atoms with van der Waals surface area (Å²) in [6, 6.07) is 12.2. The third-order valence-electron chi connectivity index (χ3n) is 5.68. The third-order valence-corrected chi connectivity index (χ3v) is 6.23. The number of H-pyrrole nitrogens is 1. The van der Waals surface area contributed by atoms with Crippen LogP contribution in [-0.4, -0.2) is 34.3 Å². The Morgan fingerprint density at radius 3 is 2.68 bits per heavy atom. The molecule has 0 bridgehead atoms. The number of nitrogens with one attached hydrogen (secondary N) is 2. The maximum Gasteiger partial charge on any atom is 0.253 e. The van der Waals surface area contributed by atoms with Crippen LogP contribution in [0.15, 0.2) is 42.5 Å². The minimum Gasteiger partial charge on any atom is -0.358 e. The minimum absolute atomic E-state index is 0.0666. The lowest BCUT2D eigenvalue weighted by molar-refractivity contribution is -0.134. The van der Waals surface area contributed by atoms with E-state index >= 15 is 0 Å². The van der Waals surface area contributed by atoms with E-state index in [9.17, 15) is 9.59 Å². The molecule has 0 aliphatic carbocycles. The van der Waals surface area contributed by atoms with Crippen molar-refractivity contribution in [1.29, 1.82) is 0 Å². The molecular formula is C24H25Cl2N3O2. The Kier molecular flexibility index (Phi) is 6.26. The van der Waals surface area contributed by atoms with E-state index in [1.54, 1.807) is 12.1 Å². The Hall–Kier alpha value is -2.50. The molecule has 0 fully saturated rings. The smallest absolute Gasteiger partial charge is 0.253 e. The lowest BCUT2D eigenvalue weighted by Crippen LogP contribution is -2.50. The van der Waals surface area contributed by atoms with Crippen molar-refractivity contribution < 1.29 is 9.59 Å².